The molecule has 1 aliphatic carbocycles. The van der Waals surface area contributed by atoms with Crippen molar-refractivity contribution in [2.75, 3.05) is 19.6 Å². The van der Waals surface area contributed by atoms with Gasteiger partial charge in [-0.2, -0.15) is 0 Å². The summed E-state index contributed by atoms with van der Waals surface area (Å²) in [6.45, 7) is 7.07. The number of nitrogens with one attached hydrogen (secondary N) is 2. The molecule has 0 saturated heterocycles. The summed E-state index contributed by atoms with van der Waals surface area (Å²) in [4.78, 5) is 18.8. The Hall–Kier alpha value is -2.07. The van der Waals surface area contributed by atoms with Gasteiger partial charge in [-0.15, -0.1) is 0 Å². The summed E-state index contributed by atoms with van der Waals surface area (Å²) >= 11 is 0. The molecule has 0 radical (unpaired) electrons. The summed E-state index contributed by atoms with van der Waals surface area (Å²) in [5, 5.41) is 4.50. The van der Waals surface area contributed by atoms with Crippen molar-refractivity contribution in [3.05, 3.63) is 41.6 Å². The molecule has 4 nitrogen and oxygen atoms in total. The van der Waals surface area contributed by atoms with Gasteiger partial charge in [0.05, 0.1) is 5.92 Å². The average Bonchev–Trinajstić information content (AvgIpc) is 3.11. The Morgan fingerprint density at radius 2 is 2.11 bits per heavy atom. The lowest BCUT2D eigenvalue weighted by molar-refractivity contribution is -0.124. The maximum absolute atomic E-state index is 12.8. The van der Waals surface area contributed by atoms with Gasteiger partial charge in [0.2, 0.25) is 5.91 Å². The molecule has 0 saturated carbocycles. The van der Waals surface area contributed by atoms with E-state index >= 15 is 0 Å². The van der Waals surface area contributed by atoms with Crippen molar-refractivity contribution in [2.45, 2.75) is 52.0 Å². The van der Waals surface area contributed by atoms with Crippen LogP contribution in [-0.4, -0.2) is 41.5 Å². The van der Waals surface area contributed by atoms with Crippen molar-refractivity contribution in [2.24, 2.45) is 5.92 Å². The molecule has 2 aliphatic rings. The highest BCUT2D eigenvalue weighted by atomic mass is 16.1. The van der Waals surface area contributed by atoms with E-state index in [1.807, 2.05) is 0 Å². The molecule has 1 amide bonds. The van der Waals surface area contributed by atoms with Crippen molar-refractivity contribution in [1.29, 1.82) is 0 Å². The van der Waals surface area contributed by atoms with Crippen LogP contribution in [-0.2, 0) is 11.2 Å². The maximum Gasteiger partial charge on any atom is 0.228 e. The number of aromatic nitrogens is 1. The monoisotopic (exact) mass is 365 g/mol. The van der Waals surface area contributed by atoms with Gasteiger partial charge < -0.3 is 10.3 Å². The number of benzene rings is 1. The highest BCUT2D eigenvalue weighted by Gasteiger charge is 2.36. The minimum atomic E-state index is -0.0549. The molecule has 2 heterocycles. The Morgan fingerprint density at radius 3 is 2.93 bits per heavy atom. The van der Waals surface area contributed by atoms with Crippen LogP contribution >= 0.6 is 0 Å². The molecular formula is C23H31N3O. The third-order valence-corrected chi connectivity index (χ3v) is 6.09. The maximum atomic E-state index is 12.8. The molecule has 2 atom stereocenters. The molecule has 4 rings (SSSR count). The predicted molar refractivity (Wildman–Crippen MR) is 112 cm³/mol. The SMILES string of the molecule is CCCCNC(=O)C1C=C2c3cccc4[nH]cc(c34)CC2N(CCCC)C1. The summed E-state index contributed by atoms with van der Waals surface area (Å²) in [7, 11) is 0. The molecule has 27 heavy (non-hydrogen) atoms. The molecule has 4 heteroatoms. The number of aromatic amines is 1. The van der Waals surface area contributed by atoms with Crippen LogP contribution in [0.15, 0.2) is 30.5 Å². The van der Waals surface area contributed by atoms with Crippen LogP contribution in [0.5, 0.6) is 0 Å². The average molecular weight is 366 g/mol. The van der Waals surface area contributed by atoms with Gasteiger partial charge in [-0.3, -0.25) is 9.69 Å². The van der Waals surface area contributed by atoms with Gasteiger partial charge >= 0.3 is 0 Å². The molecule has 1 aromatic carbocycles. The van der Waals surface area contributed by atoms with E-state index < -0.39 is 0 Å². The summed E-state index contributed by atoms with van der Waals surface area (Å²) in [6, 6.07) is 6.90. The summed E-state index contributed by atoms with van der Waals surface area (Å²) in [5.41, 5.74) is 5.28. The molecule has 2 N–H and O–H groups in total. The van der Waals surface area contributed by atoms with Crippen molar-refractivity contribution in [1.82, 2.24) is 15.2 Å². The first kappa shape index (κ1) is 18.3. The Balaban J connectivity index is 1.69. The number of amides is 1. The fourth-order valence-corrected chi connectivity index (χ4v) is 4.62. The van der Waals surface area contributed by atoms with Gasteiger partial charge in [-0.1, -0.05) is 44.9 Å². The minimum absolute atomic E-state index is 0.0549. The lowest BCUT2D eigenvalue weighted by atomic mass is 9.79. The van der Waals surface area contributed by atoms with Gasteiger partial charge in [-0.05, 0) is 48.6 Å². The standard InChI is InChI=1S/C23H31N3O/c1-3-5-10-24-23(27)17-12-19-18-8-7-9-20-22(18)16(14-25-20)13-21(19)26(15-17)11-6-4-2/h7-9,12,14,17,21,25H,3-6,10-11,13,15H2,1-2H3,(H,24,27). The van der Waals surface area contributed by atoms with Crippen molar-refractivity contribution in [3.63, 3.8) is 0 Å². The Morgan fingerprint density at radius 1 is 1.26 bits per heavy atom. The molecule has 0 spiro atoms. The van der Waals surface area contributed by atoms with Crippen LogP contribution in [0.2, 0.25) is 0 Å². The zero-order valence-corrected chi connectivity index (χ0v) is 16.6. The summed E-state index contributed by atoms with van der Waals surface area (Å²) in [5.74, 6) is 0.128. The largest absolute Gasteiger partial charge is 0.361 e. The Bertz CT molecular complexity index is 850. The quantitative estimate of drug-likeness (QED) is 0.725. The third kappa shape index (κ3) is 3.43. The van der Waals surface area contributed by atoms with E-state index in [1.54, 1.807) is 0 Å². The lowest BCUT2D eigenvalue weighted by Crippen LogP contribution is -2.48. The smallest absolute Gasteiger partial charge is 0.228 e. The minimum Gasteiger partial charge on any atom is -0.361 e. The number of H-pyrrole nitrogens is 1. The number of carbonyl (C=O) groups is 1. The number of unbranched alkanes of at least 4 members (excludes halogenated alkanes) is 2. The number of fused-ring (bicyclic) bond motifs is 2. The topological polar surface area (TPSA) is 48.1 Å². The molecule has 2 aromatic rings. The number of hydrogen-bond donors (Lipinski definition) is 2. The van der Waals surface area contributed by atoms with Crippen LogP contribution in [0.3, 0.4) is 0 Å². The number of hydrogen-bond acceptors (Lipinski definition) is 2. The van der Waals surface area contributed by atoms with Gasteiger partial charge in [0, 0.05) is 36.2 Å². The van der Waals surface area contributed by atoms with E-state index in [9.17, 15) is 4.79 Å². The van der Waals surface area contributed by atoms with E-state index in [1.165, 1.54) is 40.4 Å². The fourth-order valence-electron chi connectivity index (χ4n) is 4.62. The molecule has 1 aromatic heterocycles. The van der Waals surface area contributed by atoms with Crippen LogP contribution in [0.25, 0.3) is 16.5 Å². The predicted octanol–water partition coefficient (Wildman–Crippen LogP) is 4.12. The highest BCUT2D eigenvalue weighted by molar-refractivity contribution is 5.99. The second kappa shape index (κ2) is 7.89. The van der Waals surface area contributed by atoms with Crippen LogP contribution in [0.4, 0.5) is 0 Å². The lowest BCUT2D eigenvalue weighted by Gasteiger charge is -2.41. The summed E-state index contributed by atoms with van der Waals surface area (Å²) in [6.07, 6.45) is 9.99. The fraction of sp³-hybridized carbons (Fsp3) is 0.522. The van der Waals surface area contributed by atoms with E-state index in [0.717, 1.165) is 38.9 Å². The highest BCUT2D eigenvalue weighted by Crippen LogP contribution is 2.41. The Labute approximate surface area is 162 Å². The van der Waals surface area contributed by atoms with Crippen molar-refractivity contribution in [3.8, 4) is 0 Å². The molecule has 144 valence electrons. The van der Waals surface area contributed by atoms with Crippen molar-refractivity contribution < 1.29 is 4.79 Å². The normalized spacial score (nSPS) is 21.8. The van der Waals surface area contributed by atoms with E-state index in [-0.39, 0.29) is 11.8 Å². The Kier molecular flexibility index (Phi) is 5.35. The molecule has 2 unspecified atom stereocenters. The van der Waals surface area contributed by atoms with E-state index in [0.29, 0.717) is 6.04 Å². The molecule has 1 aliphatic heterocycles. The van der Waals surface area contributed by atoms with Crippen LogP contribution < -0.4 is 5.32 Å². The molecular weight excluding hydrogens is 334 g/mol. The van der Waals surface area contributed by atoms with Crippen LogP contribution in [0.1, 0.15) is 50.7 Å². The third-order valence-electron chi connectivity index (χ3n) is 6.09. The van der Waals surface area contributed by atoms with Gasteiger partial charge in [0.15, 0.2) is 0 Å². The van der Waals surface area contributed by atoms with Gasteiger partial charge in [0.1, 0.15) is 0 Å². The first-order valence-electron chi connectivity index (χ1n) is 10.6. The van der Waals surface area contributed by atoms with Gasteiger partial charge in [0.25, 0.3) is 0 Å². The van der Waals surface area contributed by atoms with Crippen LogP contribution in [0, 0.1) is 5.92 Å². The first-order chi connectivity index (χ1) is 13.2. The van der Waals surface area contributed by atoms with E-state index in [4.69, 9.17) is 0 Å². The van der Waals surface area contributed by atoms with E-state index in [2.05, 4.69) is 59.5 Å². The molecule has 0 fully saturated rings. The second-order valence-electron chi connectivity index (χ2n) is 7.98. The second-order valence-corrected chi connectivity index (χ2v) is 7.98. The number of nitrogens with zero attached hydrogens (tertiary/aromatic N) is 1. The van der Waals surface area contributed by atoms with Crippen molar-refractivity contribution >= 4 is 22.4 Å². The zero-order chi connectivity index (χ0) is 18.8. The number of carbonyl (C=O) groups excluding carboxylic acids is 1. The summed E-state index contributed by atoms with van der Waals surface area (Å²) < 4.78 is 0. The zero-order valence-electron chi connectivity index (χ0n) is 16.6. The first-order valence-corrected chi connectivity index (χ1v) is 10.6. The molecule has 0 bridgehead atoms. The number of rotatable bonds is 7. The van der Waals surface area contributed by atoms with Gasteiger partial charge in [-0.25, -0.2) is 0 Å².